The summed E-state index contributed by atoms with van der Waals surface area (Å²) in [5.41, 5.74) is 24.3. The molecular weight excluding hydrogens is 1230 g/mol. The molecule has 12 aromatic rings. The fourth-order valence-corrected chi connectivity index (χ4v) is 23.2. The van der Waals surface area contributed by atoms with Crippen molar-refractivity contribution in [3.05, 3.63) is 404 Å². The second-order valence-corrected chi connectivity index (χ2v) is 38.2. The molecule has 1 heteroatoms. The standard InChI is InChI=1S/C96H92Ge/c1-93(2,3)81-49-33-69(34-50-81)65-89(73-25-17-13-18-26-73)77-41-57-85(58-42-77)97(86-59-43-78(44-60-86)90(74-27-19-14-20-28-74)66-70-35-51-82(52-36-70)94(4,5)6,87-61-45-79(46-62-87)91(75-29-21-15-22-30-75)67-71-37-53-83(54-38-71)95(7,8)9)88-63-47-80(48-64-88)92(76-31-23-16-24-32-76)68-72-39-55-84(56-40-72)96(10,11)12/h13-68H,1-12H3/b89-65+,90-66+,91-67+,92-68+. The van der Waals surface area contributed by atoms with Gasteiger partial charge in [-0.15, -0.1) is 0 Å². The summed E-state index contributed by atoms with van der Waals surface area (Å²) in [5.74, 6) is 0. The van der Waals surface area contributed by atoms with Gasteiger partial charge in [-0.25, -0.2) is 0 Å². The molecule has 0 radical (unpaired) electrons. The second-order valence-electron chi connectivity index (χ2n) is 30.2. The van der Waals surface area contributed by atoms with Crippen molar-refractivity contribution >= 4 is 77.4 Å². The Morgan fingerprint density at radius 2 is 0.340 bits per heavy atom. The SMILES string of the molecule is CC(C)(C)c1ccc(/C=C(\c2ccccc2)c2cc[c]([Ge]([c]3ccc(/C(=C/c4ccc(C(C)(C)C)cc4)c4ccccc4)cc3)([c]3ccc(/C(=C/c4ccc(C(C)(C)C)cc4)c4ccccc4)cc3)[c]3ccc(/C(=C/c4ccc(C(C)(C)C)cc4)c4ccccc4)cc3)cc2)cc1. The third kappa shape index (κ3) is 15.5. The van der Waals surface area contributed by atoms with E-state index in [0.29, 0.717) is 0 Å². The Labute approximate surface area is 582 Å². The molecule has 12 aromatic carbocycles. The molecule has 0 aliphatic carbocycles. The van der Waals surface area contributed by atoms with Crippen LogP contribution >= 0.6 is 0 Å². The minimum atomic E-state index is -4.19. The van der Waals surface area contributed by atoms with Crippen molar-refractivity contribution in [3.8, 4) is 0 Å². The molecule has 12 rings (SSSR count). The summed E-state index contributed by atoms with van der Waals surface area (Å²) < 4.78 is 5.36. The number of benzene rings is 12. The van der Waals surface area contributed by atoms with Gasteiger partial charge in [0.1, 0.15) is 0 Å². The van der Waals surface area contributed by atoms with Gasteiger partial charge in [-0.3, -0.25) is 0 Å². The molecule has 0 amide bonds. The molecule has 0 atom stereocenters. The van der Waals surface area contributed by atoms with Crippen LogP contribution in [0.3, 0.4) is 0 Å². The van der Waals surface area contributed by atoms with Crippen LogP contribution in [0.2, 0.25) is 0 Å². The molecule has 0 unspecified atom stereocenters. The van der Waals surface area contributed by atoms with Gasteiger partial charge < -0.3 is 0 Å². The van der Waals surface area contributed by atoms with Crippen LogP contribution in [0.15, 0.2) is 315 Å². The van der Waals surface area contributed by atoms with Crippen molar-refractivity contribution in [2.45, 2.75) is 105 Å². The van der Waals surface area contributed by atoms with Gasteiger partial charge >= 0.3 is 587 Å². The van der Waals surface area contributed by atoms with Gasteiger partial charge in [0, 0.05) is 0 Å². The molecule has 0 aromatic heterocycles. The van der Waals surface area contributed by atoms with Crippen LogP contribution in [0.1, 0.15) is 172 Å². The molecule has 0 heterocycles. The molecule has 0 N–H and O–H groups in total. The normalized spacial score (nSPS) is 13.0. The molecule has 0 aliphatic rings. The predicted octanol–water partition coefficient (Wildman–Crippen LogP) is 22.6. The fraction of sp³-hybridized carbons (Fsp3) is 0.167. The molecule has 0 bridgehead atoms. The van der Waals surface area contributed by atoms with E-state index in [1.807, 2.05) is 0 Å². The summed E-state index contributed by atoms with van der Waals surface area (Å²) in [6.45, 7) is 27.4. The maximum atomic E-state index is 2.48. The topological polar surface area (TPSA) is 0 Å². The van der Waals surface area contributed by atoms with Crippen molar-refractivity contribution in [2.75, 3.05) is 0 Å². The van der Waals surface area contributed by atoms with Crippen LogP contribution in [0, 0.1) is 0 Å². The zero-order valence-electron chi connectivity index (χ0n) is 58.8. The fourth-order valence-electron chi connectivity index (χ4n) is 13.4. The van der Waals surface area contributed by atoms with Gasteiger partial charge in [0.05, 0.1) is 0 Å². The van der Waals surface area contributed by atoms with Crippen molar-refractivity contribution < 1.29 is 0 Å². The summed E-state index contributed by atoms with van der Waals surface area (Å²) in [6.07, 6.45) is 9.47. The van der Waals surface area contributed by atoms with E-state index in [2.05, 4.69) is 423 Å². The summed E-state index contributed by atoms with van der Waals surface area (Å²) in [5, 5.41) is 0. The van der Waals surface area contributed by atoms with E-state index in [1.165, 1.54) is 129 Å². The van der Waals surface area contributed by atoms with Gasteiger partial charge in [0.2, 0.25) is 0 Å². The first kappa shape index (κ1) is 67.1. The quantitative estimate of drug-likeness (QED) is 0.0668. The Hall–Kier alpha value is -9.86. The Morgan fingerprint density at radius 3 is 0.495 bits per heavy atom. The summed E-state index contributed by atoms with van der Waals surface area (Å²) in [4.78, 5) is 0. The number of rotatable bonds is 16. The third-order valence-electron chi connectivity index (χ3n) is 19.2. The van der Waals surface area contributed by atoms with Crippen molar-refractivity contribution in [1.29, 1.82) is 0 Å². The molecular formula is C96H92Ge. The van der Waals surface area contributed by atoms with Crippen molar-refractivity contribution in [3.63, 3.8) is 0 Å². The monoisotopic (exact) mass is 1320 g/mol. The molecule has 0 nitrogen and oxygen atoms in total. The van der Waals surface area contributed by atoms with E-state index in [4.69, 9.17) is 0 Å². The van der Waals surface area contributed by atoms with E-state index < -0.39 is 13.3 Å². The summed E-state index contributed by atoms with van der Waals surface area (Å²) in [6, 6.07) is 119. The average molecular weight is 1320 g/mol. The number of hydrogen-bond acceptors (Lipinski definition) is 0. The molecule has 0 fully saturated rings. The molecule has 0 aliphatic heterocycles. The predicted molar refractivity (Wildman–Crippen MR) is 424 cm³/mol. The molecule has 480 valence electrons. The van der Waals surface area contributed by atoms with E-state index in [1.54, 1.807) is 0 Å². The Bertz CT molecular complexity index is 4090. The third-order valence-corrected chi connectivity index (χ3v) is 29.3. The average Bonchev–Trinajstić information content (AvgIpc) is 0.729. The first-order chi connectivity index (χ1) is 46.6. The molecule has 0 saturated carbocycles. The van der Waals surface area contributed by atoms with Crippen molar-refractivity contribution in [1.82, 2.24) is 0 Å². The van der Waals surface area contributed by atoms with Crippen LogP contribution in [-0.2, 0) is 21.7 Å². The van der Waals surface area contributed by atoms with Gasteiger partial charge in [-0.1, -0.05) is 0 Å². The Kier molecular flexibility index (Phi) is 19.7. The van der Waals surface area contributed by atoms with E-state index >= 15 is 0 Å². The van der Waals surface area contributed by atoms with E-state index in [0.717, 1.165) is 0 Å². The van der Waals surface area contributed by atoms with Crippen LogP contribution in [0.25, 0.3) is 46.6 Å². The van der Waals surface area contributed by atoms with Crippen molar-refractivity contribution in [2.24, 2.45) is 0 Å². The van der Waals surface area contributed by atoms with Crippen LogP contribution < -0.4 is 17.6 Å². The molecule has 0 spiro atoms. The van der Waals surface area contributed by atoms with E-state index in [-0.39, 0.29) is 21.7 Å². The molecule has 0 saturated heterocycles. The summed E-state index contributed by atoms with van der Waals surface area (Å²) in [7, 11) is 0. The Balaban J connectivity index is 1.09. The summed E-state index contributed by atoms with van der Waals surface area (Å²) >= 11 is -4.19. The van der Waals surface area contributed by atoms with Gasteiger partial charge in [0.15, 0.2) is 0 Å². The number of hydrogen-bond donors (Lipinski definition) is 0. The van der Waals surface area contributed by atoms with Crippen LogP contribution in [-0.4, -0.2) is 13.3 Å². The van der Waals surface area contributed by atoms with E-state index in [9.17, 15) is 0 Å². The van der Waals surface area contributed by atoms with Gasteiger partial charge in [-0.05, 0) is 0 Å². The zero-order valence-corrected chi connectivity index (χ0v) is 60.9. The van der Waals surface area contributed by atoms with Crippen LogP contribution in [0.4, 0.5) is 0 Å². The molecule has 97 heavy (non-hydrogen) atoms. The maximum absolute atomic E-state index is 4.19. The van der Waals surface area contributed by atoms with Gasteiger partial charge in [-0.2, -0.15) is 0 Å². The first-order valence-corrected chi connectivity index (χ1v) is 38.7. The van der Waals surface area contributed by atoms with Gasteiger partial charge in [0.25, 0.3) is 0 Å². The minimum absolute atomic E-state index is 0.0540. The first-order valence-electron chi connectivity index (χ1n) is 34.5. The van der Waals surface area contributed by atoms with Crippen LogP contribution in [0.5, 0.6) is 0 Å². The second kappa shape index (κ2) is 28.5. The zero-order chi connectivity index (χ0) is 68.0. The Morgan fingerprint density at radius 1 is 0.186 bits per heavy atom.